The molecule has 0 amide bonds. The normalized spacial score (nSPS) is 10.2. The van der Waals surface area contributed by atoms with E-state index >= 15 is 0 Å². The topological polar surface area (TPSA) is 58.5 Å². The zero-order chi connectivity index (χ0) is 9.10. The number of H-pyrrole nitrogens is 1. The van der Waals surface area contributed by atoms with E-state index in [1.54, 1.807) is 12.4 Å². The average molecular weight is 177 g/mol. The number of nitrogens with one attached hydrogen (secondary N) is 2. The molecule has 0 bridgehead atoms. The van der Waals surface area contributed by atoms with Crippen LogP contribution in [0.1, 0.15) is 5.56 Å². The molecular weight excluding hydrogens is 166 g/mol. The lowest BCUT2D eigenvalue weighted by atomic mass is 10.4. The van der Waals surface area contributed by atoms with Crippen LogP contribution in [0.4, 0.5) is 5.95 Å². The summed E-state index contributed by atoms with van der Waals surface area (Å²) in [6.45, 7) is 0.737. The first-order chi connectivity index (χ1) is 6.36. The highest BCUT2D eigenvalue weighted by molar-refractivity contribution is 5.26. The molecule has 0 unspecified atom stereocenters. The van der Waals surface area contributed by atoms with Crippen LogP contribution in [0.2, 0.25) is 0 Å². The predicted molar refractivity (Wildman–Crippen MR) is 49.1 cm³/mol. The van der Waals surface area contributed by atoms with Gasteiger partial charge in [0, 0.05) is 37.7 Å². The van der Waals surface area contributed by atoms with E-state index in [1.807, 2.05) is 24.0 Å². The largest absolute Gasteiger partial charge is 0.351 e. The van der Waals surface area contributed by atoms with Crippen molar-refractivity contribution in [3.05, 3.63) is 30.4 Å². The molecule has 0 saturated heterocycles. The standard InChI is InChI=1S/C8H11N5/c1-13-3-2-9-8(13)10-4-7-5-11-12-6-7/h2-3,5-6H,4H2,1H3,(H,9,10)(H,11,12). The van der Waals surface area contributed by atoms with Crippen LogP contribution >= 0.6 is 0 Å². The van der Waals surface area contributed by atoms with E-state index in [1.165, 1.54) is 0 Å². The Labute approximate surface area is 75.8 Å². The number of anilines is 1. The van der Waals surface area contributed by atoms with Crippen molar-refractivity contribution < 1.29 is 0 Å². The fourth-order valence-electron chi connectivity index (χ4n) is 1.09. The number of hydrogen-bond donors (Lipinski definition) is 2. The van der Waals surface area contributed by atoms with Gasteiger partial charge in [-0.2, -0.15) is 5.10 Å². The highest BCUT2D eigenvalue weighted by atomic mass is 15.2. The molecule has 2 rings (SSSR count). The van der Waals surface area contributed by atoms with Gasteiger partial charge in [0.2, 0.25) is 5.95 Å². The number of imidazole rings is 1. The number of hydrogen-bond acceptors (Lipinski definition) is 3. The van der Waals surface area contributed by atoms with Gasteiger partial charge in [-0.1, -0.05) is 0 Å². The third kappa shape index (κ3) is 1.69. The van der Waals surface area contributed by atoms with Gasteiger partial charge in [0.1, 0.15) is 0 Å². The summed E-state index contributed by atoms with van der Waals surface area (Å²) in [5, 5.41) is 9.80. The second-order valence-corrected chi connectivity index (χ2v) is 2.82. The van der Waals surface area contributed by atoms with E-state index in [2.05, 4.69) is 20.5 Å². The van der Waals surface area contributed by atoms with Crippen LogP contribution in [0.3, 0.4) is 0 Å². The fraction of sp³-hybridized carbons (Fsp3) is 0.250. The lowest BCUT2D eigenvalue weighted by molar-refractivity contribution is 0.900. The summed E-state index contributed by atoms with van der Waals surface area (Å²) in [6, 6.07) is 0. The first-order valence-electron chi connectivity index (χ1n) is 4.05. The van der Waals surface area contributed by atoms with E-state index in [-0.39, 0.29) is 0 Å². The smallest absolute Gasteiger partial charge is 0.202 e. The highest BCUT2D eigenvalue weighted by Crippen LogP contribution is 2.03. The number of rotatable bonds is 3. The van der Waals surface area contributed by atoms with Gasteiger partial charge in [-0.25, -0.2) is 4.98 Å². The van der Waals surface area contributed by atoms with Crippen LogP contribution in [-0.2, 0) is 13.6 Å². The molecule has 13 heavy (non-hydrogen) atoms. The van der Waals surface area contributed by atoms with Gasteiger partial charge in [0.15, 0.2) is 0 Å². The third-order valence-electron chi connectivity index (χ3n) is 1.83. The van der Waals surface area contributed by atoms with Crippen molar-refractivity contribution in [2.45, 2.75) is 6.54 Å². The molecule has 0 atom stereocenters. The maximum Gasteiger partial charge on any atom is 0.202 e. The lowest BCUT2D eigenvalue weighted by Gasteiger charge is -2.02. The van der Waals surface area contributed by atoms with Crippen LogP contribution < -0.4 is 5.32 Å². The van der Waals surface area contributed by atoms with Crippen LogP contribution in [0.25, 0.3) is 0 Å². The van der Waals surface area contributed by atoms with E-state index in [9.17, 15) is 0 Å². The zero-order valence-corrected chi connectivity index (χ0v) is 7.36. The molecule has 5 nitrogen and oxygen atoms in total. The Hall–Kier alpha value is -1.78. The maximum atomic E-state index is 4.14. The number of aryl methyl sites for hydroxylation is 1. The maximum absolute atomic E-state index is 4.14. The summed E-state index contributed by atoms with van der Waals surface area (Å²) < 4.78 is 1.93. The van der Waals surface area contributed by atoms with E-state index in [0.29, 0.717) is 0 Å². The number of nitrogens with zero attached hydrogens (tertiary/aromatic N) is 3. The van der Waals surface area contributed by atoms with Crippen LogP contribution in [0, 0.1) is 0 Å². The van der Waals surface area contributed by atoms with Crippen molar-refractivity contribution in [1.82, 2.24) is 19.7 Å². The summed E-state index contributed by atoms with van der Waals surface area (Å²) in [6.07, 6.45) is 7.31. The van der Waals surface area contributed by atoms with Crippen LogP contribution in [-0.4, -0.2) is 19.7 Å². The molecule has 0 radical (unpaired) electrons. The molecule has 2 aromatic rings. The first-order valence-corrected chi connectivity index (χ1v) is 4.05. The van der Waals surface area contributed by atoms with Crippen molar-refractivity contribution in [1.29, 1.82) is 0 Å². The van der Waals surface area contributed by atoms with Crippen molar-refractivity contribution >= 4 is 5.95 Å². The van der Waals surface area contributed by atoms with Gasteiger partial charge >= 0.3 is 0 Å². The molecule has 5 heteroatoms. The van der Waals surface area contributed by atoms with Gasteiger partial charge in [-0.3, -0.25) is 5.10 Å². The zero-order valence-electron chi connectivity index (χ0n) is 7.36. The Kier molecular flexibility index (Phi) is 1.99. The molecule has 68 valence electrons. The van der Waals surface area contributed by atoms with Gasteiger partial charge in [-0.15, -0.1) is 0 Å². The molecule has 0 aliphatic rings. The Morgan fingerprint density at radius 1 is 1.62 bits per heavy atom. The number of aromatic nitrogens is 4. The Bertz CT molecular complexity index is 362. The highest BCUT2D eigenvalue weighted by Gasteiger charge is 1.98. The molecule has 0 aliphatic carbocycles. The van der Waals surface area contributed by atoms with Crippen LogP contribution in [0.5, 0.6) is 0 Å². The summed E-state index contributed by atoms with van der Waals surface area (Å²) in [5.41, 5.74) is 1.11. The average Bonchev–Trinajstić information content (AvgIpc) is 2.72. The Balaban J connectivity index is 1.97. The summed E-state index contributed by atoms with van der Waals surface area (Å²) >= 11 is 0. The summed E-state index contributed by atoms with van der Waals surface area (Å²) in [5.74, 6) is 0.862. The number of aromatic amines is 1. The third-order valence-corrected chi connectivity index (χ3v) is 1.83. The minimum Gasteiger partial charge on any atom is -0.351 e. The van der Waals surface area contributed by atoms with Crippen LogP contribution in [0.15, 0.2) is 24.8 Å². The van der Waals surface area contributed by atoms with Crippen molar-refractivity contribution in [3.8, 4) is 0 Å². The Morgan fingerprint density at radius 3 is 3.15 bits per heavy atom. The predicted octanol–water partition coefficient (Wildman–Crippen LogP) is 0.755. The Morgan fingerprint density at radius 2 is 2.54 bits per heavy atom. The minimum atomic E-state index is 0.737. The van der Waals surface area contributed by atoms with E-state index < -0.39 is 0 Å². The molecule has 2 N–H and O–H groups in total. The minimum absolute atomic E-state index is 0.737. The van der Waals surface area contributed by atoms with Crippen molar-refractivity contribution in [2.75, 3.05) is 5.32 Å². The molecule has 2 aromatic heterocycles. The molecule has 0 aliphatic heterocycles. The molecule has 0 saturated carbocycles. The molecule has 0 spiro atoms. The van der Waals surface area contributed by atoms with Gasteiger partial charge < -0.3 is 9.88 Å². The second-order valence-electron chi connectivity index (χ2n) is 2.82. The second kappa shape index (κ2) is 3.30. The SMILES string of the molecule is Cn1ccnc1NCc1cn[nH]c1. The summed E-state index contributed by atoms with van der Waals surface area (Å²) in [7, 11) is 1.95. The van der Waals surface area contributed by atoms with Crippen molar-refractivity contribution in [3.63, 3.8) is 0 Å². The first kappa shape index (κ1) is 7.85. The quantitative estimate of drug-likeness (QED) is 0.727. The lowest BCUT2D eigenvalue weighted by Crippen LogP contribution is -2.03. The summed E-state index contributed by atoms with van der Waals surface area (Å²) in [4.78, 5) is 4.14. The van der Waals surface area contributed by atoms with E-state index in [0.717, 1.165) is 18.1 Å². The fourth-order valence-corrected chi connectivity index (χ4v) is 1.09. The molecular formula is C8H11N5. The van der Waals surface area contributed by atoms with E-state index in [4.69, 9.17) is 0 Å². The van der Waals surface area contributed by atoms with Crippen molar-refractivity contribution in [2.24, 2.45) is 7.05 Å². The van der Waals surface area contributed by atoms with Gasteiger partial charge in [-0.05, 0) is 0 Å². The molecule has 2 heterocycles. The molecule has 0 aromatic carbocycles. The monoisotopic (exact) mass is 177 g/mol. The van der Waals surface area contributed by atoms with Gasteiger partial charge in [0.05, 0.1) is 6.20 Å². The van der Waals surface area contributed by atoms with Gasteiger partial charge in [0.25, 0.3) is 0 Å². The molecule has 0 fully saturated rings.